The van der Waals surface area contributed by atoms with Crippen LogP contribution < -0.4 is 16.0 Å². The summed E-state index contributed by atoms with van der Waals surface area (Å²) in [4.78, 5) is 57.0. The van der Waals surface area contributed by atoms with Gasteiger partial charge in [0.05, 0.1) is 0 Å². The number of rotatable bonds is 11. The number of hydrogen-bond acceptors (Lipinski definition) is 9. The van der Waals surface area contributed by atoms with Crippen molar-refractivity contribution >= 4 is 29.5 Å². The Morgan fingerprint density at radius 1 is 0.873 bits per heavy atom. The Bertz CT molecular complexity index is 1910. The summed E-state index contributed by atoms with van der Waals surface area (Å²) in [5.74, 6) is -0.0348. The zero-order chi connectivity index (χ0) is 39.0. The maximum atomic E-state index is 13.9. The number of tetrazole rings is 1. The molecule has 2 aliphatic rings. The number of nitrogens with one attached hydrogen (secondary N) is 4. The van der Waals surface area contributed by atoms with Crippen molar-refractivity contribution < 1.29 is 23.9 Å². The van der Waals surface area contributed by atoms with E-state index in [4.69, 9.17) is 4.74 Å². The molecule has 0 spiro atoms. The number of benzene rings is 3. The van der Waals surface area contributed by atoms with Crippen molar-refractivity contribution in [3.8, 4) is 22.5 Å². The third kappa shape index (κ3) is 11.0. The Kier molecular flexibility index (Phi) is 12.6. The smallest absolute Gasteiger partial charge is 0.407 e. The molecule has 1 saturated carbocycles. The number of amides is 4. The number of likely N-dealkylation sites (N-methyl/N-ethyl adjacent to an activating group) is 1. The lowest BCUT2D eigenvalue weighted by molar-refractivity contribution is -0.130. The number of aromatic amines is 1. The highest BCUT2D eigenvalue weighted by atomic mass is 16.6. The van der Waals surface area contributed by atoms with Crippen LogP contribution in [-0.2, 0) is 20.7 Å². The summed E-state index contributed by atoms with van der Waals surface area (Å²) in [5.41, 5.74) is 4.15. The third-order valence-corrected chi connectivity index (χ3v) is 10.2. The molecule has 4 aromatic rings. The van der Waals surface area contributed by atoms with Crippen LogP contribution in [0, 0.1) is 11.8 Å². The first-order valence-electron chi connectivity index (χ1n) is 19.0. The lowest BCUT2D eigenvalue weighted by Crippen LogP contribution is -2.48. The molecule has 0 radical (unpaired) electrons. The molecule has 1 atom stereocenters. The van der Waals surface area contributed by atoms with Gasteiger partial charge in [-0.15, -0.1) is 10.2 Å². The Labute approximate surface area is 321 Å². The van der Waals surface area contributed by atoms with Crippen LogP contribution >= 0.6 is 0 Å². The lowest BCUT2D eigenvalue weighted by Gasteiger charge is -2.32. The van der Waals surface area contributed by atoms with E-state index in [9.17, 15) is 19.2 Å². The van der Waals surface area contributed by atoms with Gasteiger partial charge < -0.3 is 30.5 Å². The normalized spacial score (nSPS) is 18.2. The van der Waals surface area contributed by atoms with Gasteiger partial charge in [-0.3, -0.25) is 14.4 Å². The minimum atomic E-state index is -0.852. The monoisotopic (exact) mass is 749 g/mol. The summed E-state index contributed by atoms with van der Waals surface area (Å²) >= 11 is 0. The van der Waals surface area contributed by atoms with Crippen LogP contribution in [0.4, 0.5) is 10.5 Å². The fourth-order valence-electron chi connectivity index (χ4n) is 7.00. The van der Waals surface area contributed by atoms with E-state index in [0.29, 0.717) is 49.6 Å². The van der Waals surface area contributed by atoms with Crippen LogP contribution in [0.5, 0.6) is 0 Å². The van der Waals surface area contributed by atoms with Crippen LogP contribution in [0.3, 0.4) is 0 Å². The summed E-state index contributed by atoms with van der Waals surface area (Å²) in [6.45, 7) is 9.12. The van der Waals surface area contributed by atoms with E-state index in [1.165, 1.54) is 0 Å². The Morgan fingerprint density at radius 2 is 1.56 bits per heavy atom. The van der Waals surface area contributed by atoms with Crippen molar-refractivity contribution in [1.29, 1.82) is 0 Å². The number of H-pyrrole nitrogens is 1. The van der Waals surface area contributed by atoms with Crippen molar-refractivity contribution in [2.45, 2.75) is 64.5 Å². The van der Waals surface area contributed by atoms with E-state index in [0.717, 1.165) is 48.2 Å². The molecule has 2 fully saturated rings. The van der Waals surface area contributed by atoms with E-state index < -0.39 is 17.7 Å². The number of aromatic nitrogens is 4. The van der Waals surface area contributed by atoms with Gasteiger partial charge in [-0.25, -0.2) is 4.79 Å². The van der Waals surface area contributed by atoms with Gasteiger partial charge in [-0.1, -0.05) is 36.4 Å². The molecule has 6 rings (SSSR count). The Morgan fingerprint density at radius 3 is 2.22 bits per heavy atom. The van der Waals surface area contributed by atoms with E-state index in [1.54, 1.807) is 24.3 Å². The van der Waals surface area contributed by atoms with E-state index in [-0.39, 0.29) is 36.0 Å². The van der Waals surface area contributed by atoms with Crippen molar-refractivity contribution in [3.63, 3.8) is 0 Å². The lowest BCUT2D eigenvalue weighted by atomic mass is 9.81. The second-order valence-corrected chi connectivity index (χ2v) is 15.5. The van der Waals surface area contributed by atoms with E-state index in [1.807, 2.05) is 74.2 Å². The summed E-state index contributed by atoms with van der Waals surface area (Å²) < 4.78 is 5.36. The van der Waals surface area contributed by atoms with Gasteiger partial charge in [0, 0.05) is 61.9 Å². The van der Waals surface area contributed by atoms with Crippen LogP contribution in [0.1, 0.15) is 62.4 Å². The Hall–Kier alpha value is -5.63. The molecule has 14 nitrogen and oxygen atoms in total. The van der Waals surface area contributed by atoms with Gasteiger partial charge >= 0.3 is 6.09 Å². The molecule has 1 saturated heterocycles. The van der Waals surface area contributed by atoms with Crippen LogP contribution in [0.25, 0.3) is 22.5 Å². The number of piperazine rings is 1. The zero-order valence-corrected chi connectivity index (χ0v) is 32.0. The molecular weight excluding hydrogens is 699 g/mol. The van der Waals surface area contributed by atoms with Gasteiger partial charge in [0.1, 0.15) is 11.6 Å². The number of anilines is 1. The third-order valence-electron chi connectivity index (χ3n) is 10.2. The summed E-state index contributed by atoms with van der Waals surface area (Å²) in [6.07, 6.45) is 2.69. The second kappa shape index (κ2) is 17.7. The van der Waals surface area contributed by atoms with Crippen molar-refractivity contribution in [3.05, 3.63) is 83.9 Å². The molecule has 1 aromatic heterocycles. The molecule has 290 valence electrons. The number of carbonyl (C=O) groups excluding carboxylic acids is 4. The van der Waals surface area contributed by atoms with Gasteiger partial charge in [-0.2, -0.15) is 5.21 Å². The van der Waals surface area contributed by atoms with Crippen LogP contribution in [-0.4, -0.2) is 106 Å². The maximum Gasteiger partial charge on any atom is 0.407 e. The molecule has 3 aromatic carbocycles. The SMILES string of the molecule is CN1CCN(C(=O)c2ccc(-c3cccc(C[C@H](NC(=O)C4CCC(CNC(=O)OC(C)(C)C)CC4)C(=O)Nc4ccc(-c5nn[nH]n5)cc4)c3)cc2)CC1. The number of ether oxygens (including phenoxy) is 1. The Balaban J connectivity index is 1.12. The molecule has 4 N–H and O–H groups in total. The van der Waals surface area contributed by atoms with Crippen LogP contribution in [0.15, 0.2) is 72.8 Å². The number of nitrogens with zero attached hydrogens (tertiary/aromatic N) is 5. The molecule has 1 aliphatic heterocycles. The highest BCUT2D eigenvalue weighted by Gasteiger charge is 2.30. The number of carbonyl (C=O) groups is 4. The minimum Gasteiger partial charge on any atom is -0.444 e. The predicted molar refractivity (Wildman–Crippen MR) is 209 cm³/mol. The number of hydrogen-bond donors (Lipinski definition) is 4. The first kappa shape index (κ1) is 39.1. The van der Waals surface area contributed by atoms with Crippen molar-refractivity contribution in [1.82, 2.24) is 41.1 Å². The van der Waals surface area contributed by atoms with Gasteiger partial charge in [0.15, 0.2) is 0 Å². The highest BCUT2D eigenvalue weighted by Crippen LogP contribution is 2.29. The summed E-state index contributed by atoms with van der Waals surface area (Å²) in [7, 11) is 2.06. The average Bonchev–Trinajstić information content (AvgIpc) is 3.72. The molecule has 55 heavy (non-hydrogen) atoms. The molecule has 1 aliphatic carbocycles. The first-order valence-corrected chi connectivity index (χ1v) is 19.0. The maximum absolute atomic E-state index is 13.9. The second-order valence-electron chi connectivity index (χ2n) is 15.5. The van der Waals surface area contributed by atoms with Crippen LogP contribution in [0.2, 0.25) is 0 Å². The number of alkyl carbamates (subject to hydrolysis) is 1. The van der Waals surface area contributed by atoms with Gasteiger partial charge in [0.2, 0.25) is 17.6 Å². The van der Waals surface area contributed by atoms with Crippen molar-refractivity contribution in [2.24, 2.45) is 11.8 Å². The predicted octanol–water partition coefficient (Wildman–Crippen LogP) is 4.92. The average molecular weight is 750 g/mol. The van der Waals surface area contributed by atoms with E-state index in [2.05, 4.69) is 48.5 Å². The van der Waals surface area contributed by atoms with Gasteiger partial charge in [0.25, 0.3) is 5.91 Å². The fourth-order valence-corrected chi connectivity index (χ4v) is 7.00. The molecule has 0 bridgehead atoms. The molecule has 4 amide bonds. The highest BCUT2D eigenvalue weighted by molar-refractivity contribution is 5.98. The van der Waals surface area contributed by atoms with Gasteiger partial charge in [-0.05, 0) is 118 Å². The topological polar surface area (TPSA) is 175 Å². The fraction of sp³-hybridized carbons (Fsp3) is 0.439. The molecule has 0 unspecified atom stereocenters. The van der Waals surface area contributed by atoms with E-state index >= 15 is 0 Å². The molecule has 14 heteroatoms. The summed E-state index contributed by atoms with van der Waals surface area (Å²) in [5, 5.41) is 22.9. The largest absolute Gasteiger partial charge is 0.444 e. The molecular formula is C41H51N9O5. The standard InChI is InChI=1S/C41H51N9O5/c1-41(2,3)55-40(54)42-26-27-8-10-31(11-9-27)37(51)44-35(38(52)43-34-18-16-30(17-19-34)36-45-47-48-46-36)25-28-6-5-7-33(24-28)29-12-14-32(15-13-29)39(53)50-22-20-49(4)21-23-50/h5-7,12-19,24,27,31,35H,8-11,20-23,25-26H2,1-4H3,(H,42,54)(H,43,52)(H,44,51)(H,45,46,47,48)/t27?,31?,35-/m0/s1. The molecule has 2 heterocycles. The first-order chi connectivity index (χ1) is 26.4. The summed E-state index contributed by atoms with van der Waals surface area (Å²) in [6, 6.07) is 21.8. The zero-order valence-electron chi connectivity index (χ0n) is 32.0. The van der Waals surface area contributed by atoms with Crippen molar-refractivity contribution in [2.75, 3.05) is 45.1 Å². The minimum absolute atomic E-state index is 0.0356. The quantitative estimate of drug-likeness (QED) is 0.166.